The molecule has 3 N–H and O–H groups in total. The molecule has 1 unspecified atom stereocenters. The molecule has 130 valence electrons. The number of anilines is 2. The number of hydrogen-bond acceptors (Lipinski definition) is 5. The fourth-order valence-electron chi connectivity index (χ4n) is 3.29. The van der Waals surface area contributed by atoms with Gasteiger partial charge in [0.1, 0.15) is 12.4 Å². The molecule has 1 aromatic heterocycles. The molecule has 7 nitrogen and oxygen atoms in total. The lowest BCUT2D eigenvalue weighted by Gasteiger charge is -2.33. The number of carbonyl (C=O) groups is 2. The van der Waals surface area contributed by atoms with Gasteiger partial charge in [0.05, 0.1) is 0 Å². The highest BCUT2D eigenvalue weighted by molar-refractivity contribution is 6.03. The minimum Gasteiger partial charge on any atom is -0.477 e. The van der Waals surface area contributed by atoms with Crippen LogP contribution < -0.4 is 20.7 Å². The molecule has 2 amide bonds. The van der Waals surface area contributed by atoms with Gasteiger partial charge in [-0.25, -0.2) is 4.98 Å². The fourth-order valence-corrected chi connectivity index (χ4v) is 3.29. The number of ether oxygens (including phenoxy) is 1. The normalized spacial score (nSPS) is 21.1. The Morgan fingerprint density at radius 3 is 2.83 bits per heavy atom. The van der Waals surface area contributed by atoms with Crippen LogP contribution >= 0.6 is 0 Å². The van der Waals surface area contributed by atoms with Crippen LogP contribution in [0.15, 0.2) is 12.1 Å². The van der Waals surface area contributed by atoms with Crippen molar-refractivity contribution in [1.29, 1.82) is 0 Å². The van der Waals surface area contributed by atoms with Crippen LogP contribution in [0.2, 0.25) is 0 Å². The number of pyridine rings is 1. The number of aromatic nitrogens is 1. The molecular weight excluding hydrogens is 308 g/mol. The van der Waals surface area contributed by atoms with E-state index in [9.17, 15) is 9.59 Å². The molecule has 2 aliphatic rings. The first kappa shape index (κ1) is 16.5. The van der Waals surface area contributed by atoms with Gasteiger partial charge in [-0.1, -0.05) is 26.2 Å². The highest BCUT2D eigenvalue weighted by atomic mass is 16.5. The largest absolute Gasteiger partial charge is 0.477 e. The smallest absolute Gasteiger partial charge is 0.269 e. The molecule has 0 radical (unpaired) electrons. The van der Waals surface area contributed by atoms with Gasteiger partial charge < -0.3 is 15.8 Å². The van der Waals surface area contributed by atoms with E-state index in [-0.39, 0.29) is 30.2 Å². The summed E-state index contributed by atoms with van der Waals surface area (Å²) >= 11 is 0. The summed E-state index contributed by atoms with van der Waals surface area (Å²) in [5.41, 5.74) is 5.73. The van der Waals surface area contributed by atoms with Crippen LogP contribution in [-0.2, 0) is 9.59 Å². The summed E-state index contributed by atoms with van der Waals surface area (Å²) in [4.78, 5) is 30.6. The number of nitrogens with zero attached hydrogens (tertiary/aromatic N) is 2. The Bertz CT molecular complexity index is 628. The molecule has 0 bridgehead atoms. The predicted octanol–water partition coefficient (Wildman–Crippen LogP) is 1.62. The summed E-state index contributed by atoms with van der Waals surface area (Å²) in [6, 6.07) is 3.53. The minimum absolute atomic E-state index is 0.0569. The Balaban J connectivity index is 1.76. The van der Waals surface area contributed by atoms with Gasteiger partial charge in [0.2, 0.25) is 5.91 Å². The zero-order chi connectivity index (χ0) is 17.1. The van der Waals surface area contributed by atoms with Gasteiger partial charge in [-0.3, -0.25) is 14.5 Å². The molecular formula is C17H24N4O3. The average Bonchev–Trinajstić information content (AvgIpc) is 2.58. The average molecular weight is 332 g/mol. The molecule has 1 aliphatic carbocycles. The highest BCUT2D eigenvalue weighted by Gasteiger charge is 2.35. The van der Waals surface area contributed by atoms with Gasteiger partial charge in [-0.05, 0) is 31.4 Å². The fraction of sp³-hybridized carbons (Fsp3) is 0.588. The molecule has 24 heavy (non-hydrogen) atoms. The minimum atomic E-state index is -0.592. The van der Waals surface area contributed by atoms with Crippen molar-refractivity contribution in [3.05, 3.63) is 12.1 Å². The SMILES string of the molecule is CCC1Oc2ccc(N)nc2N(CC(=O)NC2CCCCC2)C1=O. The monoisotopic (exact) mass is 332 g/mol. The van der Waals surface area contributed by atoms with E-state index in [1.54, 1.807) is 12.1 Å². The summed E-state index contributed by atoms with van der Waals surface area (Å²) in [7, 11) is 0. The van der Waals surface area contributed by atoms with E-state index >= 15 is 0 Å². The molecule has 0 saturated heterocycles. The Kier molecular flexibility index (Phi) is 4.87. The molecule has 0 aromatic carbocycles. The van der Waals surface area contributed by atoms with Crippen LogP contribution in [-0.4, -0.2) is 35.5 Å². The molecule has 2 heterocycles. The number of nitrogens with one attached hydrogen (secondary N) is 1. The summed E-state index contributed by atoms with van der Waals surface area (Å²) < 4.78 is 5.67. The Hall–Kier alpha value is -2.31. The van der Waals surface area contributed by atoms with E-state index in [0.717, 1.165) is 25.7 Å². The van der Waals surface area contributed by atoms with E-state index in [1.165, 1.54) is 11.3 Å². The quantitative estimate of drug-likeness (QED) is 0.873. The number of fused-ring (bicyclic) bond motifs is 1. The Morgan fingerprint density at radius 2 is 2.12 bits per heavy atom. The summed E-state index contributed by atoms with van der Waals surface area (Å²) in [6.07, 6.45) is 5.45. The summed E-state index contributed by atoms with van der Waals surface area (Å²) in [5, 5.41) is 3.03. The Labute approximate surface area is 141 Å². The predicted molar refractivity (Wildman–Crippen MR) is 90.7 cm³/mol. The van der Waals surface area contributed by atoms with Crippen molar-refractivity contribution >= 4 is 23.5 Å². The number of hydrogen-bond donors (Lipinski definition) is 2. The third-order valence-corrected chi connectivity index (χ3v) is 4.57. The van der Waals surface area contributed by atoms with Crippen molar-refractivity contribution < 1.29 is 14.3 Å². The van der Waals surface area contributed by atoms with Crippen molar-refractivity contribution in [2.75, 3.05) is 17.2 Å². The molecule has 3 rings (SSSR count). The van der Waals surface area contributed by atoms with E-state index in [2.05, 4.69) is 10.3 Å². The first-order valence-electron chi connectivity index (χ1n) is 8.62. The van der Waals surface area contributed by atoms with Crippen LogP contribution in [0.3, 0.4) is 0 Å². The van der Waals surface area contributed by atoms with E-state index in [4.69, 9.17) is 10.5 Å². The molecule has 1 saturated carbocycles. The number of nitrogen functional groups attached to an aromatic ring is 1. The molecule has 1 atom stereocenters. The van der Waals surface area contributed by atoms with Gasteiger partial charge in [0.15, 0.2) is 17.7 Å². The zero-order valence-corrected chi connectivity index (χ0v) is 14.0. The lowest BCUT2D eigenvalue weighted by Crippen LogP contribution is -2.51. The topological polar surface area (TPSA) is 97.6 Å². The maximum Gasteiger partial charge on any atom is 0.269 e. The van der Waals surface area contributed by atoms with E-state index in [0.29, 0.717) is 18.0 Å². The van der Waals surface area contributed by atoms with Crippen LogP contribution in [0, 0.1) is 0 Å². The van der Waals surface area contributed by atoms with Crippen molar-refractivity contribution in [1.82, 2.24) is 10.3 Å². The number of amides is 2. The van der Waals surface area contributed by atoms with Crippen LogP contribution in [0.5, 0.6) is 5.75 Å². The standard InChI is InChI=1S/C17H24N4O3/c1-2-12-17(23)21(16-13(24-12)8-9-14(18)20-16)10-15(22)19-11-6-4-3-5-7-11/h8-9,11-12H,2-7,10H2,1H3,(H2,18,20)(H,19,22). The van der Waals surface area contributed by atoms with Crippen LogP contribution in [0.1, 0.15) is 45.4 Å². The second-order valence-electron chi connectivity index (χ2n) is 6.40. The number of carbonyl (C=O) groups excluding carboxylic acids is 2. The Morgan fingerprint density at radius 1 is 1.38 bits per heavy atom. The zero-order valence-electron chi connectivity index (χ0n) is 14.0. The molecule has 1 aliphatic heterocycles. The van der Waals surface area contributed by atoms with Gasteiger partial charge >= 0.3 is 0 Å². The third kappa shape index (κ3) is 3.44. The lowest BCUT2D eigenvalue weighted by molar-refractivity contribution is -0.129. The van der Waals surface area contributed by atoms with Gasteiger partial charge in [0.25, 0.3) is 5.91 Å². The molecule has 7 heteroatoms. The first-order valence-corrected chi connectivity index (χ1v) is 8.62. The van der Waals surface area contributed by atoms with E-state index < -0.39 is 6.10 Å². The highest BCUT2D eigenvalue weighted by Crippen LogP contribution is 2.33. The van der Waals surface area contributed by atoms with Gasteiger partial charge in [0, 0.05) is 6.04 Å². The maximum absolute atomic E-state index is 12.6. The number of rotatable bonds is 4. The van der Waals surface area contributed by atoms with Gasteiger partial charge in [-0.15, -0.1) is 0 Å². The lowest BCUT2D eigenvalue weighted by atomic mass is 9.95. The van der Waals surface area contributed by atoms with Crippen molar-refractivity contribution in [2.24, 2.45) is 0 Å². The summed E-state index contributed by atoms with van der Waals surface area (Å²) in [6.45, 7) is 1.82. The maximum atomic E-state index is 12.6. The second-order valence-corrected chi connectivity index (χ2v) is 6.40. The molecule has 0 spiro atoms. The van der Waals surface area contributed by atoms with Gasteiger partial charge in [-0.2, -0.15) is 0 Å². The molecule has 1 fully saturated rings. The number of nitrogens with two attached hydrogens (primary N) is 1. The first-order chi connectivity index (χ1) is 11.6. The van der Waals surface area contributed by atoms with Crippen LogP contribution in [0.4, 0.5) is 11.6 Å². The van der Waals surface area contributed by atoms with E-state index in [1.807, 2.05) is 6.92 Å². The second kappa shape index (κ2) is 7.07. The van der Waals surface area contributed by atoms with Crippen LogP contribution in [0.25, 0.3) is 0 Å². The van der Waals surface area contributed by atoms with Crippen molar-refractivity contribution in [3.63, 3.8) is 0 Å². The van der Waals surface area contributed by atoms with Crippen molar-refractivity contribution in [2.45, 2.75) is 57.6 Å². The molecule has 1 aromatic rings. The summed E-state index contributed by atoms with van der Waals surface area (Å²) in [5.74, 6) is 0.687. The third-order valence-electron chi connectivity index (χ3n) is 4.57. The van der Waals surface area contributed by atoms with Crippen molar-refractivity contribution in [3.8, 4) is 5.75 Å².